The van der Waals surface area contributed by atoms with E-state index in [-0.39, 0.29) is 5.56 Å². The Kier molecular flexibility index (Phi) is 4.97. The van der Waals surface area contributed by atoms with Gasteiger partial charge in [-0.1, -0.05) is 31.0 Å². The van der Waals surface area contributed by atoms with E-state index >= 15 is 0 Å². The van der Waals surface area contributed by atoms with Gasteiger partial charge in [-0.2, -0.15) is 4.39 Å². The number of benzene rings is 1. The van der Waals surface area contributed by atoms with Gasteiger partial charge in [-0.05, 0) is 26.0 Å². The predicted molar refractivity (Wildman–Crippen MR) is 52.7 cm³/mol. The van der Waals surface area contributed by atoms with Gasteiger partial charge < -0.3 is 0 Å². The number of carbonyl (C=O) groups excluding carboxylic acids is 1. The maximum atomic E-state index is 12.2. The number of halogens is 1. The van der Waals surface area contributed by atoms with E-state index in [0.717, 1.165) is 11.1 Å². The molecule has 72 valence electrons. The number of hydrogen-bond acceptors (Lipinski definition) is 1. The summed E-state index contributed by atoms with van der Waals surface area (Å²) >= 11 is 0. The van der Waals surface area contributed by atoms with Crippen LogP contribution in [-0.2, 0) is 0 Å². The Morgan fingerprint density at radius 3 is 1.77 bits per heavy atom. The Labute approximate surface area is 78.6 Å². The molecular formula is C11H15FO. The molecule has 0 aromatic heterocycles. The van der Waals surface area contributed by atoms with Gasteiger partial charge in [0.05, 0.1) is 5.56 Å². The molecule has 1 rings (SSSR count). The first-order valence-electron chi connectivity index (χ1n) is 4.38. The molecular weight excluding hydrogens is 167 g/mol. The van der Waals surface area contributed by atoms with Crippen molar-refractivity contribution in [2.24, 2.45) is 0 Å². The third-order valence-electron chi connectivity index (χ3n) is 1.45. The zero-order valence-electron chi connectivity index (χ0n) is 8.52. The van der Waals surface area contributed by atoms with Crippen LogP contribution in [0.3, 0.4) is 0 Å². The van der Waals surface area contributed by atoms with E-state index in [9.17, 15) is 9.18 Å². The lowest BCUT2D eigenvalue weighted by atomic mass is 10.1. The highest BCUT2D eigenvalue weighted by molar-refractivity contribution is 5.88. The summed E-state index contributed by atoms with van der Waals surface area (Å²) in [4.78, 5) is 10.3. The first-order valence-corrected chi connectivity index (χ1v) is 4.38. The van der Waals surface area contributed by atoms with Crippen LogP contribution in [0.5, 0.6) is 0 Å². The van der Waals surface area contributed by atoms with Crippen LogP contribution in [0.4, 0.5) is 4.39 Å². The van der Waals surface area contributed by atoms with Crippen LogP contribution in [0, 0.1) is 13.8 Å². The number of carbonyl (C=O) groups is 1. The van der Waals surface area contributed by atoms with Gasteiger partial charge in [0.15, 0.2) is 0 Å². The minimum atomic E-state index is -1.36. The maximum absolute atomic E-state index is 12.2. The molecule has 0 aliphatic rings. The normalized spacial score (nSPS) is 8.69. The molecule has 1 nitrogen and oxygen atoms in total. The molecule has 13 heavy (non-hydrogen) atoms. The lowest BCUT2D eigenvalue weighted by Crippen LogP contribution is -1.91. The Morgan fingerprint density at radius 1 is 1.08 bits per heavy atom. The van der Waals surface area contributed by atoms with Crippen molar-refractivity contribution in [2.75, 3.05) is 0 Å². The minimum absolute atomic E-state index is 0.141. The number of hydrogen-bond donors (Lipinski definition) is 0. The van der Waals surface area contributed by atoms with E-state index in [1.54, 1.807) is 0 Å². The third-order valence-corrected chi connectivity index (χ3v) is 1.45. The molecule has 0 radical (unpaired) electrons. The summed E-state index contributed by atoms with van der Waals surface area (Å²) in [6, 6.07) is 3.61. The predicted octanol–water partition coefficient (Wildman–Crippen LogP) is 3.44. The summed E-state index contributed by atoms with van der Waals surface area (Å²) in [6.45, 7) is 7.67. The van der Waals surface area contributed by atoms with Crippen LogP contribution < -0.4 is 0 Å². The Balaban J connectivity index is 0.000000671. The summed E-state index contributed by atoms with van der Waals surface area (Å²) in [5.41, 5.74) is 1.96. The molecule has 0 fully saturated rings. The monoisotopic (exact) mass is 182 g/mol. The molecule has 0 saturated carbocycles. The standard InChI is InChI=1S/C9H9FO.C2H6/c1-6-3-7(2)5-8(4-6)9(10)11;1-2/h3-5H,1-2H3;1-2H3. The van der Waals surface area contributed by atoms with Crippen molar-refractivity contribution >= 4 is 6.04 Å². The topological polar surface area (TPSA) is 17.1 Å². The molecule has 0 bridgehead atoms. The smallest absolute Gasteiger partial charge is 0.255 e. The van der Waals surface area contributed by atoms with Gasteiger partial charge in [0.25, 0.3) is 0 Å². The van der Waals surface area contributed by atoms with E-state index in [4.69, 9.17) is 0 Å². The second-order valence-electron chi connectivity index (χ2n) is 2.65. The molecule has 0 N–H and O–H groups in total. The van der Waals surface area contributed by atoms with Crippen molar-refractivity contribution in [2.45, 2.75) is 27.7 Å². The van der Waals surface area contributed by atoms with E-state index < -0.39 is 6.04 Å². The van der Waals surface area contributed by atoms with E-state index in [1.807, 2.05) is 33.8 Å². The summed E-state index contributed by atoms with van der Waals surface area (Å²) < 4.78 is 12.2. The molecule has 0 spiro atoms. The molecule has 0 heterocycles. The fourth-order valence-corrected chi connectivity index (χ4v) is 1.09. The van der Waals surface area contributed by atoms with E-state index in [1.165, 1.54) is 12.1 Å². The van der Waals surface area contributed by atoms with Crippen LogP contribution in [-0.4, -0.2) is 6.04 Å². The maximum Gasteiger partial charge on any atom is 0.332 e. The van der Waals surface area contributed by atoms with Crippen LogP contribution >= 0.6 is 0 Å². The Hall–Kier alpha value is -1.18. The van der Waals surface area contributed by atoms with Crippen LogP contribution in [0.1, 0.15) is 35.3 Å². The lowest BCUT2D eigenvalue weighted by Gasteiger charge is -1.97. The highest BCUT2D eigenvalue weighted by atomic mass is 19.1. The van der Waals surface area contributed by atoms with Crippen molar-refractivity contribution in [1.82, 2.24) is 0 Å². The van der Waals surface area contributed by atoms with Gasteiger partial charge in [0, 0.05) is 0 Å². The summed E-state index contributed by atoms with van der Waals surface area (Å²) in [5, 5.41) is 0. The average Bonchev–Trinajstić information content (AvgIpc) is 2.06. The molecule has 2 heteroatoms. The Morgan fingerprint density at radius 2 is 1.46 bits per heavy atom. The summed E-state index contributed by atoms with van der Waals surface area (Å²) in [6.07, 6.45) is 0. The van der Waals surface area contributed by atoms with Crippen molar-refractivity contribution < 1.29 is 9.18 Å². The fraction of sp³-hybridized carbons (Fsp3) is 0.364. The largest absolute Gasteiger partial charge is 0.332 e. The van der Waals surface area contributed by atoms with Crippen molar-refractivity contribution in [3.63, 3.8) is 0 Å². The van der Waals surface area contributed by atoms with Gasteiger partial charge in [-0.15, -0.1) is 0 Å². The van der Waals surface area contributed by atoms with E-state index in [0.29, 0.717) is 0 Å². The summed E-state index contributed by atoms with van der Waals surface area (Å²) in [5.74, 6) is 0. The molecule has 1 aromatic rings. The zero-order valence-corrected chi connectivity index (χ0v) is 8.52. The van der Waals surface area contributed by atoms with Gasteiger partial charge >= 0.3 is 6.04 Å². The number of aryl methyl sites for hydroxylation is 2. The highest BCUT2D eigenvalue weighted by Gasteiger charge is 2.03. The minimum Gasteiger partial charge on any atom is -0.255 e. The van der Waals surface area contributed by atoms with Crippen molar-refractivity contribution in [3.05, 3.63) is 34.9 Å². The Bertz CT molecular complexity index is 272. The first-order chi connectivity index (χ1) is 6.09. The molecule has 0 aliphatic heterocycles. The highest BCUT2D eigenvalue weighted by Crippen LogP contribution is 2.09. The zero-order chi connectivity index (χ0) is 10.4. The SMILES string of the molecule is CC.Cc1cc(C)cc(C(=O)F)c1. The van der Waals surface area contributed by atoms with Gasteiger partial charge in [0.2, 0.25) is 0 Å². The number of rotatable bonds is 1. The molecule has 0 atom stereocenters. The molecule has 0 amide bonds. The molecule has 0 saturated heterocycles. The average molecular weight is 182 g/mol. The molecule has 0 aliphatic carbocycles. The van der Waals surface area contributed by atoms with Crippen LogP contribution in [0.2, 0.25) is 0 Å². The van der Waals surface area contributed by atoms with Crippen LogP contribution in [0.25, 0.3) is 0 Å². The van der Waals surface area contributed by atoms with Gasteiger partial charge in [-0.25, -0.2) is 0 Å². The summed E-state index contributed by atoms with van der Waals surface area (Å²) in [7, 11) is 0. The third kappa shape index (κ3) is 3.83. The molecule has 0 unspecified atom stereocenters. The quantitative estimate of drug-likeness (QED) is 0.608. The first kappa shape index (κ1) is 11.8. The second-order valence-corrected chi connectivity index (χ2v) is 2.65. The van der Waals surface area contributed by atoms with Crippen molar-refractivity contribution in [3.8, 4) is 0 Å². The van der Waals surface area contributed by atoms with E-state index in [2.05, 4.69) is 0 Å². The molecule has 1 aromatic carbocycles. The van der Waals surface area contributed by atoms with Crippen molar-refractivity contribution in [1.29, 1.82) is 0 Å². The van der Waals surface area contributed by atoms with Crippen LogP contribution in [0.15, 0.2) is 18.2 Å². The van der Waals surface area contributed by atoms with Gasteiger partial charge in [0.1, 0.15) is 0 Å². The second kappa shape index (κ2) is 5.46. The lowest BCUT2D eigenvalue weighted by molar-refractivity contribution is 0.0835. The van der Waals surface area contributed by atoms with Gasteiger partial charge in [-0.3, -0.25) is 4.79 Å². The fourth-order valence-electron chi connectivity index (χ4n) is 1.09.